The summed E-state index contributed by atoms with van der Waals surface area (Å²) in [5.41, 5.74) is 1.41. The Balaban J connectivity index is 2.47. The topological polar surface area (TPSA) is 52.7 Å². The van der Waals surface area contributed by atoms with Gasteiger partial charge >= 0.3 is 0 Å². The van der Waals surface area contributed by atoms with Crippen molar-refractivity contribution in [3.8, 4) is 0 Å². The molecule has 0 fully saturated rings. The predicted molar refractivity (Wildman–Crippen MR) is 78.3 cm³/mol. The zero-order valence-corrected chi connectivity index (χ0v) is 13.3. The molecule has 0 saturated heterocycles. The summed E-state index contributed by atoms with van der Waals surface area (Å²) >= 11 is 13.8. The first-order valence-electron chi connectivity index (χ1n) is 5.00. The van der Waals surface area contributed by atoms with Crippen LogP contribution in [-0.2, 0) is 13.6 Å². The van der Waals surface area contributed by atoms with E-state index < -0.39 is 0 Å². The first-order valence-corrected chi connectivity index (χ1v) is 6.83. The van der Waals surface area contributed by atoms with Gasteiger partial charge in [0, 0.05) is 12.6 Å². The first-order chi connectivity index (χ1) is 8.41. The van der Waals surface area contributed by atoms with Gasteiger partial charge in [-0.25, -0.2) is 4.98 Å². The molecule has 96 valence electrons. The maximum atomic E-state index is 12.0. The number of nitrogens with zero attached hydrogens (tertiary/aromatic N) is 4. The van der Waals surface area contributed by atoms with Crippen LogP contribution in [0.25, 0.3) is 0 Å². The van der Waals surface area contributed by atoms with Gasteiger partial charge in [-0.15, -0.1) is 0 Å². The second-order valence-corrected chi connectivity index (χ2v) is 5.56. The van der Waals surface area contributed by atoms with Crippen LogP contribution in [0.4, 0.5) is 0 Å². The Morgan fingerprint density at radius 2 is 2.11 bits per heavy atom. The van der Waals surface area contributed by atoms with Crippen molar-refractivity contribution < 1.29 is 0 Å². The molecule has 0 bridgehead atoms. The Hall–Kier alpha value is -0.600. The highest BCUT2D eigenvalue weighted by molar-refractivity contribution is 14.1. The molecule has 0 N–H and O–H groups in total. The standard InChI is InChI=1S/C10H9Cl2IN4O/c1-5-6(9(12)16(2)15-5)3-17-4-14-8(11)7(13)10(17)18/h4H,3H2,1-2H3. The van der Waals surface area contributed by atoms with E-state index in [9.17, 15) is 4.79 Å². The fourth-order valence-corrected chi connectivity index (χ4v) is 2.39. The Kier molecular flexibility index (Phi) is 3.98. The first kappa shape index (κ1) is 13.8. The molecular formula is C10H9Cl2IN4O. The summed E-state index contributed by atoms with van der Waals surface area (Å²) < 4.78 is 3.43. The van der Waals surface area contributed by atoms with Gasteiger partial charge in [-0.1, -0.05) is 23.2 Å². The Labute approximate surface area is 127 Å². The van der Waals surface area contributed by atoms with E-state index >= 15 is 0 Å². The Morgan fingerprint density at radius 3 is 2.67 bits per heavy atom. The molecule has 5 nitrogen and oxygen atoms in total. The summed E-state index contributed by atoms with van der Waals surface area (Å²) in [5.74, 6) is 0. The van der Waals surface area contributed by atoms with Gasteiger partial charge in [-0.2, -0.15) is 5.10 Å². The Morgan fingerprint density at radius 1 is 1.44 bits per heavy atom. The van der Waals surface area contributed by atoms with Gasteiger partial charge in [0.05, 0.1) is 18.6 Å². The zero-order chi connectivity index (χ0) is 13.4. The number of aryl methyl sites for hydroxylation is 2. The molecule has 0 radical (unpaired) electrons. The van der Waals surface area contributed by atoms with Crippen LogP contribution in [-0.4, -0.2) is 19.3 Å². The fourth-order valence-electron chi connectivity index (χ4n) is 1.58. The van der Waals surface area contributed by atoms with Crippen molar-refractivity contribution in [1.82, 2.24) is 19.3 Å². The molecule has 0 spiro atoms. The summed E-state index contributed by atoms with van der Waals surface area (Å²) in [7, 11) is 1.76. The molecular weight excluding hydrogens is 390 g/mol. The lowest BCUT2D eigenvalue weighted by atomic mass is 10.2. The monoisotopic (exact) mass is 398 g/mol. The van der Waals surface area contributed by atoms with Crippen molar-refractivity contribution in [3.63, 3.8) is 0 Å². The SMILES string of the molecule is Cc1nn(C)c(Cl)c1Cn1cnc(Cl)c(I)c1=O. The molecule has 2 rings (SSSR count). The van der Waals surface area contributed by atoms with E-state index in [1.807, 2.05) is 29.5 Å². The normalized spacial score (nSPS) is 10.9. The van der Waals surface area contributed by atoms with Gasteiger partial charge in [0.2, 0.25) is 0 Å². The van der Waals surface area contributed by atoms with Crippen molar-refractivity contribution in [2.45, 2.75) is 13.5 Å². The lowest BCUT2D eigenvalue weighted by molar-refractivity contribution is 0.726. The van der Waals surface area contributed by atoms with Crippen LogP contribution in [0.1, 0.15) is 11.3 Å². The van der Waals surface area contributed by atoms with Gasteiger partial charge in [-0.3, -0.25) is 14.0 Å². The van der Waals surface area contributed by atoms with E-state index in [1.54, 1.807) is 11.7 Å². The third-order valence-corrected chi connectivity index (χ3v) is 4.59. The molecule has 0 aliphatic rings. The van der Waals surface area contributed by atoms with Crippen molar-refractivity contribution in [2.75, 3.05) is 0 Å². The maximum Gasteiger partial charge on any atom is 0.268 e. The van der Waals surface area contributed by atoms with Crippen molar-refractivity contribution in [2.24, 2.45) is 7.05 Å². The minimum Gasteiger partial charge on any atom is -0.294 e. The van der Waals surface area contributed by atoms with Crippen LogP contribution in [0.2, 0.25) is 10.3 Å². The molecule has 0 aliphatic carbocycles. The van der Waals surface area contributed by atoms with Crippen LogP contribution < -0.4 is 5.56 Å². The molecule has 0 unspecified atom stereocenters. The Bertz CT molecular complexity index is 665. The molecule has 8 heteroatoms. The number of rotatable bonds is 2. The fraction of sp³-hybridized carbons (Fsp3) is 0.300. The van der Waals surface area contributed by atoms with E-state index in [4.69, 9.17) is 23.2 Å². The molecule has 0 saturated carbocycles. The van der Waals surface area contributed by atoms with E-state index in [-0.39, 0.29) is 10.7 Å². The summed E-state index contributed by atoms with van der Waals surface area (Å²) in [4.78, 5) is 15.9. The van der Waals surface area contributed by atoms with Crippen LogP contribution >= 0.6 is 45.8 Å². The molecule has 18 heavy (non-hydrogen) atoms. The lowest BCUT2D eigenvalue weighted by Crippen LogP contribution is -2.24. The molecule has 2 aromatic rings. The van der Waals surface area contributed by atoms with Crippen LogP contribution in [0.5, 0.6) is 0 Å². The average Bonchev–Trinajstić information content (AvgIpc) is 2.56. The smallest absolute Gasteiger partial charge is 0.268 e. The largest absolute Gasteiger partial charge is 0.294 e. The zero-order valence-electron chi connectivity index (χ0n) is 9.62. The van der Waals surface area contributed by atoms with E-state index in [0.29, 0.717) is 15.3 Å². The molecule has 2 aromatic heterocycles. The van der Waals surface area contributed by atoms with E-state index in [0.717, 1.165) is 11.3 Å². The van der Waals surface area contributed by atoms with Crippen LogP contribution in [0.15, 0.2) is 11.1 Å². The summed E-state index contributed by atoms with van der Waals surface area (Å²) in [6, 6.07) is 0. The summed E-state index contributed by atoms with van der Waals surface area (Å²) in [5, 5.41) is 4.93. The van der Waals surface area contributed by atoms with E-state index in [2.05, 4.69) is 10.1 Å². The minimum absolute atomic E-state index is 0.185. The van der Waals surface area contributed by atoms with Crippen LogP contribution in [0.3, 0.4) is 0 Å². The van der Waals surface area contributed by atoms with Crippen LogP contribution in [0, 0.1) is 10.5 Å². The van der Waals surface area contributed by atoms with Gasteiger partial charge in [0.25, 0.3) is 5.56 Å². The number of hydrogen-bond acceptors (Lipinski definition) is 3. The number of hydrogen-bond donors (Lipinski definition) is 0. The summed E-state index contributed by atoms with van der Waals surface area (Å²) in [6.07, 6.45) is 1.41. The second kappa shape index (κ2) is 5.18. The highest BCUT2D eigenvalue weighted by Crippen LogP contribution is 2.19. The van der Waals surface area contributed by atoms with Gasteiger partial charge in [0.15, 0.2) is 0 Å². The molecule has 0 amide bonds. The van der Waals surface area contributed by atoms with Gasteiger partial charge < -0.3 is 0 Å². The van der Waals surface area contributed by atoms with Crippen molar-refractivity contribution in [3.05, 3.63) is 41.8 Å². The second-order valence-electron chi connectivity index (χ2n) is 3.76. The average molecular weight is 399 g/mol. The number of aromatic nitrogens is 4. The summed E-state index contributed by atoms with van der Waals surface area (Å²) in [6.45, 7) is 2.18. The van der Waals surface area contributed by atoms with Crippen molar-refractivity contribution >= 4 is 45.8 Å². The number of halogens is 3. The minimum atomic E-state index is -0.185. The maximum absolute atomic E-state index is 12.0. The lowest BCUT2D eigenvalue weighted by Gasteiger charge is -2.06. The molecule has 0 atom stereocenters. The molecule has 0 aromatic carbocycles. The van der Waals surface area contributed by atoms with Crippen molar-refractivity contribution in [1.29, 1.82) is 0 Å². The highest BCUT2D eigenvalue weighted by atomic mass is 127. The third kappa shape index (κ3) is 2.41. The van der Waals surface area contributed by atoms with Gasteiger partial charge in [0.1, 0.15) is 13.9 Å². The molecule has 2 heterocycles. The highest BCUT2D eigenvalue weighted by Gasteiger charge is 2.14. The van der Waals surface area contributed by atoms with Gasteiger partial charge in [-0.05, 0) is 29.5 Å². The molecule has 0 aliphatic heterocycles. The quantitative estimate of drug-likeness (QED) is 0.575. The van der Waals surface area contributed by atoms with E-state index in [1.165, 1.54) is 10.9 Å². The third-order valence-electron chi connectivity index (χ3n) is 2.54. The predicted octanol–water partition coefficient (Wildman–Crippen LogP) is 2.24.